The molecule has 1 aliphatic rings. The lowest BCUT2D eigenvalue weighted by Gasteiger charge is -2.35. The van der Waals surface area contributed by atoms with E-state index in [-0.39, 0.29) is 24.6 Å². The number of amides is 1. The molecule has 2 N–H and O–H groups in total. The molecule has 6 heteroatoms. The summed E-state index contributed by atoms with van der Waals surface area (Å²) in [5.74, 6) is -0.278. The van der Waals surface area contributed by atoms with Crippen LogP contribution in [0.25, 0.3) is 0 Å². The van der Waals surface area contributed by atoms with Crippen molar-refractivity contribution in [3.05, 3.63) is 65.5 Å². The second-order valence-electron chi connectivity index (χ2n) is 6.51. The summed E-state index contributed by atoms with van der Waals surface area (Å²) in [6.45, 7) is 4.22. The fourth-order valence-corrected chi connectivity index (χ4v) is 3.00. The van der Waals surface area contributed by atoms with Crippen LogP contribution in [0.5, 0.6) is 0 Å². The van der Waals surface area contributed by atoms with E-state index in [2.05, 4.69) is 0 Å². The molecule has 1 atom stereocenters. The van der Waals surface area contributed by atoms with Crippen LogP contribution >= 0.6 is 0 Å². The molecule has 0 aliphatic carbocycles. The fourth-order valence-electron chi connectivity index (χ4n) is 3.00. The van der Waals surface area contributed by atoms with Gasteiger partial charge in [-0.05, 0) is 30.2 Å². The number of carbonyl (C=O) groups excluding carboxylic acids is 1. The van der Waals surface area contributed by atoms with Crippen LogP contribution < -0.4 is 10.6 Å². The molecule has 1 heterocycles. The summed E-state index contributed by atoms with van der Waals surface area (Å²) in [6.07, 6.45) is -0.332. The van der Waals surface area contributed by atoms with Gasteiger partial charge in [0.25, 0.3) is 0 Å². The van der Waals surface area contributed by atoms with Crippen molar-refractivity contribution in [3.8, 4) is 0 Å². The highest BCUT2D eigenvalue weighted by molar-refractivity contribution is 5.68. The predicted molar refractivity (Wildman–Crippen MR) is 99.4 cm³/mol. The molecule has 2 aromatic rings. The molecule has 26 heavy (non-hydrogen) atoms. The van der Waals surface area contributed by atoms with E-state index < -0.39 is 0 Å². The molecule has 138 valence electrons. The molecular weight excluding hydrogens is 333 g/mol. The number of nitrogens with zero attached hydrogens (tertiary/aromatic N) is 2. The number of nitrogens with two attached hydrogens (primary N) is 1. The van der Waals surface area contributed by atoms with Crippen LogP contribution in [-0.2, 0) is 11.3 Å². The quantitative estimate of drug-likeness (QED) is 0.912. The number of hydrogen-bond donors (Lipinski definition) is 1. The molecule has 0 saturated carbocycles. The Hall–Kier alpha value is -2.60. The number of anilines is 1. The Balaban J connectivity index is 1.53. The number of benzene rings is 2. The van der Waals surface area contributed by atoms with E-state index in [0.29, 0.717) is 31.9 Å². The third-order valence-electron chi connectivity index (χ3n) is 4.58. The Bertz CT molecular complexity index is 744. The summed E-state index contributed by atoms with van der Waals surface area (Å²) in [5, 5.41) is 0. The second kappa shape index (κ2) is 8.19. The van der Waals surface area contributed by atoms with Gasteiger partial charge in [-0.1, -0.05) is 36.4 Å². The van der Waals surface area contributed by atoms with Crippen molar-refractivity contribution in [1.82, 2.24) is 4.90 Å². The van der Waals surface area contributed by atoms with Gasteiger partial charge in [-0.2, -0.15) is 0 Å². The normalized spacial score (nSPS) is 15.7. The lowest BCUT2D eigenvalue weighted by atomic mass is 10.1. The minimum Gasteiger partial charge on any atom is -0.445 e. The molecule has 0 bridgehead atoms. The van der Waals surface area contributed by atoms with Gasteiger partial charge in [0.2, 0.25) is 0 Å². The molecule has 0 spiro atoms. The van der Waals surface area contributed by atoms with Crippen LogP contribution in [0.4, 0.5) is 14.9 Å². The predicted octanol–water partition coefficient (Wildman–Crippen LogP) is 3.30. The van der Waals surface area contributed by atoms with E-state index in [4.69, 9.17) is 10.5 Å². The van der Waals surface area contributed by atoms with E-state index in [0.717, 1.165) is 11.1 Å². The summed E-state index contributed by atoms with van der Waals surface area (Å²) in [5.41, 5.74) is 8.07. The lowest BCUT2D eigenvalue weighted by Crippen LogP contribution is -2.49. The average Bonchev–Trinajstić information content (AvgIpc) is 2.67. The minimum atomic E-state index is -0.332. The molecule has 1 aliphatic heterocycles. The maximum absolute atomic E-state index is 14.4. The topological polar surface area (TPSA) is 58.8 Å². The number of rotatable bonds is 4. The van der Waals surface area contributed by atoms with E-state index in [9.17, 15) is 9.18 Å². The van der Waals surface area contributed by atoms with Crippen LogP contribution in [0, 0.1) is 5.82 Å². The Morgan fingerprint density at radius 1 is 1.15 bits per heavy atom. The third kappa shape index (κ3) is 4.32. The monoisotopic (exact) mass is 357 g/mol. The number of carbonyl (C=O) groups is 1. The first-order valence-electron chi connectivity index (χ1n) is 8.80. The van der Waals surface area contributed by atoms with Crippen molar-refractivity contribution in [3.63, 3.8) is 0 Å². The zero-order valence-electron chi connectivity index (χ0n) is 14.9. The van der Waals surface area contributed by atoms with Crippen molar-refractivity contribution >= 4 is 11.8 Å². The highest BCUT2D eigenvalue weighted by atomic mass is 19.1. The van der Waals surface area contributed by atoms with Crippen molar-refractivity contribution in [1.29, 1.82) is 0 Å². The summed E-state index contributed by atoms with van der Waals surface area (Å²) in [4.78, 5) is 15.8. The van der Waals surface area contributed by atoms with Gasteiger partial charge >= 0.3 is 6.09 Å². The highest BCUT2D eigenvalue weighted by Gasteiger charge is 2.24. The van der Waals surface area contributed by atoms with Gasteiger partial charge in [0.15, 0.2) is 0 Å². The molecule has 0 radical (unpaired) electrons. The highest BCUT2D eigenvalue weighted by Crippen LogP contribution is 2.24. The molecule has 1 amide bonds. The molecule has 0 aromatic heterocycles. The maximum atomic E-state index is 14.4. The van der Waals surface area contributed by atoms with E-state index in [1.165, 1.54) is 6.07 Å². The molecule has 5 nitrogen and oxygen atoms in total. The van der Waals surface area contributed by atoms with Gasteiger partial charge in [0, 0.05) is 32.2 Å². The van der Waals surface area contributed by atoms with Crippen molar-refractivity contribution in [2.45, 2.75) is 19.6 Å². The van der Waals surface area contributed by atoms with Gasteiger partial charge in [0.05, 0.1) is 5.69 Å². The SMILES string of the molecule is C[C@H](N)c1ccc(N2CCN(C(=O)OCc3ccccc3)CC2)c(F)c1. The molecular formula is C20H24FN3O2. The van der Waals surface area contributed by atoms with Crippen LogP contribution in [0.3, 0.4) is 0 Å². The third-order valence-corrected chi connectivity index (χ3v) is 4.58. The van der Waals surface area contributed by atoms with Gasteiger partial charge in [0.1, 0.15) is 12.4 Å². The molecule has 1 fully saturated rings. The maximum Gasteiger partial charge on any atom is 0.410 e. The Morgan fingerprint density at radius 3 is 2.46 bits per heavy atom. The summed E-state index contributed by atoms with van der Waals surface area (Å²) < 4.78 is 19.7. The Labute approximate surface area is 153 Å². The minimum absolute atomic E-state index is 0.199. The fraction of sp³-hybridized carbons (Fsp3) is 0.350. The number of piperazine rings is 1. The van der Waals surface area contributed by atoms with Crippen molar-refractivity contribution in [2.75, 3.05) is 31.1 Å². The summed E-state index contributed by atoms with van der Waals surface area (Å²) in [7, 11) is 0. The van der Waals surface area contributed by atoms with Gasteiger partial charge in [-0.25, -0.2) is 9.18 Å². The number of hydrogen-bond acceptors (Lipinski definition) is 4. The van der Waals surface area contributed by atoms with Crippen molar-refractivity contribution in [2.24, 2.45) is 5.73 Å². The van der Waals surface area contributed by atoms with Gasteiger partial charge < -0.3 is 20.3 Å². The van der Waals surface area contributed by atoms with E-state index in [1.54, 1.807) is 11.0 Å². The first kappa shape index (κ1) is 18.2. The zero-order chi connectivity index (χ0) is 18.5. The van der Waals surface area contributed by atoms with E-state index in [1.807, 2.05) is 48.2 Å². The lowest BCUT2D eigenvalue weighted by molar-refractivity contribution is 0.0941. The van der Waals surface area contributed by atoms with Crippen LogP contribution in [0.1, 0.15) is 24.1 Å². The Kier molecular flexibility index (Phi) is 5.73. The van der Waals surface area contributed by atoms with E-state index >= 15 is 0 Å². The first-order valence-corrected chi connectivity index (χ1v) is 8.80. The number of ether oxygens (including phenoxy) is 1. The molecule has 1 saturated heterocycles. The summed E-state index contributed by atoms with van der Waals surface area (Å²) in [6, 6.07) is 14.5. The van der Waals surface area contributed by atoms with Crippen LogP contribution in [0.15, 0.2) is 48.5 Å². The molecule has 3 rings (SSSR count). The largest absolute Gasteiger partial charge is 0.445 e. The molecule has 2 aromatic carbocycles. The summed E-state index contributed by atoms with van der Waals surface area (Å²) >= 11 is 0. The first-order chi connectivity index (χ1) is 12.5. The second-order valence-corrected chi connectivity index (χ2v) is 6.51. The molecule has 0 unspecified atom stereocenters. The smallest absolute Gasteiger partial charge is 0.410 e. The van der Waals surface area contributed by atoms with Gasteiger partial charge in [-0.15, -0.1) is 0 Å². The van der Waals surface area contributed by atoms with Crippen LogP contribution in [0.2, 0.25) is 0 Å². The van der Waals surface area contributed by atoms with Crippen LogP contribution in [-0.4, -0.2) is 37.2 Å². The number of halogens is 1. The van der Waals surface area contributed by atoms with Crippen molar-refractivity contribution < 1.29 is 13.9 Å². The van der Waals surface area contributed by atoms with Gasteiger partial charge in [-0.3, -0.25) is 0 Å². The Morgan fingerprint density at radius 2 is 1.85 bits per heavy atom. The standard InChI is InChI=1S/C20H24FN3O2/c1-15(22)17-7-8-19(18(21)13-17)23-9-11-24(12-10-23)20(25)26-14-16-5-3-2-4-6-16/h2-8,13,15H,9-12,14,22H2,1H3/t15-/m0/s1. The average molecular weight is 357 g/mol. The zero-order valence-corrected chi connectivity index (χ0v) is 14.9.